The van der Waals surface area contributed by atoms with Gasteiger partial charge >= 0.3 is 0 Å². The van der Waals surface area contributed by atoms with Gasteiger partial charge in [-0.3, -0.25) is 4.98 Å². The van der Waals surface area contributed by atoms with Gasteiger partial charge in [-0.15, -0.1) is 0 Å². The minimum Gasteiger partial charge on any atom is -0.256 e. The van der Waals surface area contributed by atoms with E-state index in [1.54, 1.807) is 12.3 Å². The fraction of sp³-hybridized carbons (Fsp3) is 0.542. The van der Waals surface area contributed by atoms with Gasteiger partial charge in [-0.25, -0.2) is 4.39 Å². The molecule has 1 heterocycles. The Morgan fingerprint density at radius 2 is 1.73 bits per heavy atom. The highest BCUT2D eigenvalue weighted by molar-refractivity contribution is 5.60. The van der Waals surface area contributed by atoms with E-state index in [2.05, 4.69) is 18.0 Å². The van der Waals surface area contributed by atoms with Crippen LogP contribution in [0.15, 0.2) is 36.5 Å². The van der Waals surface area contributed by atoms with Gasteiger partial charge in [0.2, 0.25) is 0 Å². The molecule has 140 valence electrons. The quantitative estimate of drug-likeness (QED) is 0.516. The van der Waals surface area contributed by atoms with Gasteiger partial charge in [0.05, 0.1) is 5.69 Å². The molecule has 0 aliphatic heterocycles. The Balaban J connectivity index is 1.52. The van der Waals surface area contributed by atoms with E-state index in [1.807, 2.05) is 25.1 Å². The zero-order chi connectivity index (χ0) is 18.4. The Bertz CT molecular complexity index is 684. The van der Waals surface area contributed by atoms with Crippen molar-refractivity contribution in [3.05, 3.63) is 53.5 Å². The first-order chi connectivity index (χ1) is 12.7. The molecule has 1 aromatic carbocycles. The van der Waals surface area contributed by atoms with Crippen LogP contribution < -0.4 is 0 Å². The number of aromatic nitrogens is 1. The highest BCUT2D eigenvalue weighted by atomic mass is 19.1. The molecule has 1 nitrogen and oxygen atoms in total. The molecule has 2 heteroatoms. The summed E-state index contributed by atoms with van der Waals surface area (Å²) in [4.78, 5) is 4.35. The summed E-state index contributed by atoms with van der Waals surface area (Å²) in [5.41, 5.74) is 3.52. The number of pyridine rings is 1. The molecule has 0 amide bonds. The predicted molar refractivity (Wildman–Crippen MR) is 108 cm³/mol. The number of halogens is 1. The number of hydrogen-bond donors (Lipinski definition) is 0. The maximum absolute atomic E-state index is 14.5. The Kier molecular flexibility index (Phi) is 6.82. The summed E-state index contributed by atoms with van der Waals surface area (Å²) in [5.74, 6) is 1.64. The van der Waals surface area contributed by atoms with Crippen molar-refractivity contribution in [2.75, 3.05) is 0 Å². The van der Waals surface area contributed by atoms with Crippen LogP contribution in [-0.4, -0.2) is 4.98 Å². The van der Waals surface area contributed by atoms with Crippen LogP contribution in [0.3, 0.4) is 0 Å². The third kappa shape index (κ3) is 5.16. The smallest absolute Gasteiger partial charge is 0.132 e. The van der Waals surface area contributed by atoms with Crippen molar-refractivity contribution in [3.8, 4) is 11.3 Å². The molecule has 1 fully saturated rings. The Morgan fingerprint density at radius 3 is 2.35 bits per heavy atom. The molecule has 0 spiro atoms. The zero-order valence-corrected chi connectivity index (χ0v) is 16.3. The summed E-state index contributed by atoms with van der Waals surface area (Å²) in [6.45, 7) is 4.28. The third-order valence-corrected chi connectivity index (χ3v) is 5.99. The summed E-state index contributed by atoms with van der Waals surface area (Å²) in [6.07, 6.45) is 13.6. The van der Waals surface area contributed by atoms with Crippen LogP contribution in [-0.2, 0) is 6.42 Å². The minimum absolute atomic E-state index is 0.151. The third-order valence-electron chi connectivity index (χ3n) is 5.99. The number of nitrogens with zero attached hydrogens (tertiary/aromatic N) is 1. The average molecular weight is 354 g/mol. The maximum atomic E-state index is 14.5. The van der Waals surface area contributed by atoms with Gasteiger partial charge in [0.15, 0.2) is 0 Å². The second kappa shape index (κ2) is 9.30. The Hall–Kier alpha value is -1.70. The fourth-order valence-electron chi connectivity index (χ4n) is 4.22. The van der Waals surface area contributed by atoms with Gasteiger partial charge in [-0.2, -0.15) is 0 Å². The van der Waals surface area contributed by atoms with Gasteiger partial charge in [0, 0.05) is 11.8 Å². The van der Waals surface area contributed by atoms with Crippen LogP contribution in [0.1, 0.15) is 69.4 Å². The van der Waals surface area contributed by atoms with Crippen LogP contribution >= 0.6 is 0 Å². The van der Waals surface area contributed by atoms with E-state index in [4.69, 9.17) is 0 Å². The topological polar surface area (TPSA) is 12.9 Å². The lowest BCUT2D eigenvalue weighted by atomic mass is 9.78. The normalized spacial score (nSPS) is 20.3. The van der Waals surface area contributed by atoms with E-state index in [0.29, 0.717) is 11.3 Å². The van der Waals surface area contributed by atoms with Crippen molar-refractivity contribution in [2.24, 2.45) is 11.8 Å². The van der Waals surface area contributed by atoms with Crippen LogP contribution in [0.5, 0.6) is 0 Å². The second-order valence-corrected chi connectivity index (χ2v) is 8.10. The Morgan fingerprint density at radius 1 is 1.00 bits per heavy atom. The molecule has 0 saturated heterocycles. The van der Waals surface area contributed by atoms with Crippen molar-refractivity contribution in [3.63, 3.8) is 0 Å². The average Bonchev–Trinajstić information content (AvgIpc) is 2.66. The number of hydrogen-bond acceptors (Lipinski definition) is 1. The molecule has 3 rings (SSSR count). The van der Waals surface area contributed by atoms with E-state index in [-0.39, 0.29) is 5.82 Å². The number of unbranched alkanes of at least 4 members (excludes halogenated alkanes) is 1. The Labute approximate surface area is 158 Å². The monoisotopic (exact) mass is 353 g/mol. The molecular weight excluding hydrogens is 321 g/mol. The van der Waals surface area contributed by atoms with Gasteiger partial charge in [0.25, 0.3) is 0 Å². The molecule has 0 bridgehead atoms. The second-order valence-electron chi connectivity index (χ2n) is 8.10. The first-order valence-corrected chi connectivity index (χ1v) is 10.4. The SMILES string of the molecule is CCCCC1CCC(CCc2ccc(-c3ccc(C)cn3)c(F)c2)CC1. The highest BCUT2D eigenvalue weighted by Gasteiger charge is 2.20. The lowest BCUT2D eigenvalue weighted by Gasteiger charge is -2.28. The van der Waals surface area contributed by atoms with Gasteiger partial charge < -0.3 is 0 Å². The summed E-state index contributed by atoms with van der Waals surface area (Å²) < 4.78 is 14.5. The summed E-state index contributed by atoms with van der Waals surface area (Å²) in [5, 5.41) is 0. The molecule has 0 radical (unpaired) electrons. The van der Waals surface area contributed by atoms with Crippen LogP contribution in [0.25, 0.3) is 11.3 Å². The molecule has 0 atom stereocenters. The van der Waals surface area contributed by atoms with E-state index in [0.717, 1.165) is 29.4 Å². The standard InChI is InChI=1S/C24H32FN/c1-3-4-5-19-7-9-20(10-8-19)11-12-21-13-14-22(23(25)16-21)24-15-6-18(2)17-26-24/h6,13-17,19-20H,3-5,7-12H2,1-2H3. The predicted octanol–water partition coefficient (Wildman–Crippen LogP) is 7.13. The zero-order valence-electron chi connectivity index (χ0n) is 16.3. The summed E-state index contributed by atoms with van der Waals surface area (Å²) in [6, 6.07) is 9.55. The van der Waals surface area contributed by atoms with E-state index >= 15 is 0 Å². The molecule has 0 N–H and O–H groups in total. The van der Waals surface area contributed by atoms with E-state index in [9.17, 15) is 4.39 Å². The molecule has 0 unspecified atom stereocenters. The molecule has 26 heavy (non-hydrogen) atoms. The molecular formula is C24H32FN. The largest absolute Gasteiger partial charge is 0.256 e. The molecule has 1 aliphatic carbocycles. The fourth-order valence-corrected chi connectivity index (χ4v) is 4.22. The van der Waals surface area contributed by atoms with E-state index in [1.165, 1.54) is 51.4 Å². The van der Waals surface area contributed by atoms with Crippen molar-refractivity contribution in [1.29, 1.82) is 0 Å². The van der Waals surface area contributed by atoms with Gasteiger partial charge in [-0.1, -0.05) is 64.0 Å². The minimum atomic E-state index is -0.151. The highest BCUT2D eigenvalue weighted by Crippen LogP contribution is 2.34. The lowest BCUT2D eigenvalue weighted by Crippen LogP contribution is -2.15. The van der Waals surface area contributed by atoms with Gasteiger partial charge in [-0.05, 0) is 60.9 Å². The van der Waals surface area contributed by atoms with Crippen molar-refractivity contribution < 1.29 is 4.39 Å². The van der Waals surface area contributed by atoms with Crippen LogP contribution in [0, 0.1) is 24.6 Å². The first-order valence-electron chi connectivity index (χ1n) is 10.4. The van der Waals surface area contributed by atoms with E-state index < -0.39 is 0 Å². The number of aryl methyl sites for hydroxylation is 2. The molecule has 2 aromatic rings. The number of benzene rings is 1. The molecule has 1 aliphatic rings. The molecule has 1 saturated carbocycles. The first kappa shape index (κ1) is 19.1. The maximum Gasteiger partial charge on any atom is 0.132 e. The lowest BCUT2D eigenvalue weighted by molar-refractivity contribution is 0.250. The summed E-state index contributed by atoms with van der Waals surface area (Å²) >= 11 is 0. The molecule has 1 aromatic heterocycles. The van der Waals surface area contributed by atoms with Crippen LogP contribution in [0.2, 0.25) is 0 Å². The van der Waals surface area contributed by atoms with Gasteiger partial charge in [0.1, 0.15) is 5.82 Å². The van der Waals surface area contributed by atoms with Crippen LogP contribution in [0.4, 0.5) is 4.39 Å². The number of rotatable bonds is 7. The summed E-state index contributed by atoms with van der Waals surface area (Å²) in [7, 11) is 0. The van der Waals surface area contributed by atoms with Crippen molar-refractivity contribution >= 4 is 0 Å². The van der Waals surface area contributed by atoms with Crippen molar-refractivity contribution in [2.45, 2.75) is 71.6 Å². The van der Waals surface area contributed by atoms with Crippen molar-refractivity contribution in [1.82, 2.24) is 4.98 Å².